The lowest BCUT2D eigenvalue weighted by Crippen LogP contribution is -2.20. The molecule has 0 saturated heterocycles. The van der Waals surface area contributed by atoms with Gasteiger partial charge in [-0.1, -0.05) is 24.3 Å². The summed E-state index contributed by atoms with van der Waals surface area (Å²) in [7, 11) is 0. The summed E-state index contributed by atoms with van der Waals surface area (Å²) < 4.78 is 10.6. The Morgan fingerprint density at radius 1 is 1.29 bits per heavy atom. The van der Waals surface area contributed by atoms with Crippen molar-refractivity contribution in [1.29, 1.82) is 0 Å². The van der Waals surface area contributed by atoms with E-state index in [1.807, 2.05) is 24.3 Å². The summed E-state index contributed by atoms with van der Waals surface area (Å²) in [5.41, 5.74) is 1.00. The molecule has 1 unspecified atom stereocenters. The highest BCUT2D eigenvalue weighted by Gasteiger charge is 2.13. The molecule has 1 heterocycles. The summed E-state index contributed by atoms with van der Waals surface area (Å²) >= 11 is 0. The standard InChI is InChI=1S/C17H19NO3/c19-17(9-7-13-4-2-1-3-5-13)18-11-14-6-8-15-16(10-14)21-12-20-15/h1-2,6-10,13H,3-5,11-12H2,(H,18,19). The molecular weight excluding hydrogens is 266 g/mol. The lowest BCUT2D eigenvalue weighted by Gasteiger charge is -2.12. The number of benzene rings is 1. The Labute approximate surface area is 124 Å². The zero-order valence-electron chi connectivity index (χ0n) is 11.9. The van der Waals surface area contributed by atoms with Crippen LogP contribution < -0.4 is 14.8 Å². The predicted octanol–water partition coefficient (Wildman–Crippen LogP) is 2.94. The topological polar surface area (TPSA) is 47.6 Å². The van der Waals surface area contributed by atoms with Crippen LogP contribution in [0.25, 0.3) is 0 Å². The van der Waals surface area contributed by atoms with E-state index in [4.69, 9.17) is 9.47 Å². The van der Waals surface area contributed by atoms with Gasteiger partial charge in [0.1, 0.15) is 0 Å². The number of amides is 1. The summed E-state index contributed by atoms with van der Waals surface area (Å²) in [6, 6.07) is 5.70. The van der Waals surface area contributed by atoms with E-state index < -0.39 is 0 Å². The predicted molar refractivity (Wildman–Crippen MR) is 80.0 cm³/mol. The molecule has 0 saturated carbocycles. The van der Waals surface area contributed by atoms with Gasteiger partial charge in [0.25, 0.3) is 0 Å². The van der Waals surface area contributed by atoms with E-state index in [-0.39, 0.29) is 12.7 Å². The van der Waals surface area contributed by atoms with E-state index in [0.717, 1.165) is 36.3 Å². The van der Waals surface area contributed by atoms with E-state index in [9.17, 15) is 4.79 Å². The minimum atomic E-state index is -0.0535. The fourth-order valence-electron chi connectivity index (χ4n) is 2.51. The molecule has 1 atom stereocenters. The van der Waals surface area contributed by atoms with Crippen molar-refractivity contribution in [2.24, 2.45) is 5.92 Å². The average Bonchev–Trinajstić information content (AvgIpc) is 2.99. The molecule has 0 radical (unpaired) electrons. The number of fused-ring (bicyclic) bond motifs is 1. The number of carbonyl (C=O) groups is 1. The number of nitrogens with one attached hydrogen (secondary N) is 1. The molecule has 1 aliphatic carbocycles. The number of ether oxygens (including phenoxy) is 2. The van der Waals surface area contributed by atoms with Crippen LogP contribution in [0.1, 0.15) is 24.8 Å². The van der Waals surface area contributed by atoms with E-state index in [1.165, 1.54) is 0 Å². The monoisotopic (exact) mass is 285 g/mol. The third-order valence-corrected chi connectivity index (χ3v) is 3.73. The number of hydrogen-bond acceptors (Lipinski definition) is 3. The van der Waals surface area contributed by atoms with Gasteiger partial charge >= 0.3 is 0 Å². The first kappa shape index (κ1) is 13.7. The zero-order chi connectivity index (χ0) is 14.5. The van der Waals surface area contributed by atoms with Gasteiger partial charge in [-0.25, -0.2) is 0 Å². The lowest BCUT2D eigenvalue weighted by molar-refractivity contribution is -0.116. The molecule has 1 amide bonds. The van der Waals surface area contributed by atoms with Crippen LogP contribution in [-0.4, -0.2) is 12.7 Å². The molecule has 1 N–H and O–H groups in total. The Balaban J connectivity index is 1.49. The molecular formula is C17H19NO3. The molecule has 1 aromatic rings. The van der Waals surface area contributed by atoms with E-state index in [2.05, 4.69) is 17.5 Å². The highest BCUT2D eigenvalue weighted by molar-refractivity contribution is 5.87. The van der Waals surface area contributed by atoms with Crippen molar-refractivity contribution in [2.75, 3.05) is 6.79 Å². The molecule has 4 nitrogen and oxygen atoms in total. The first-order valence-corrected chi connectivity index (χ1v) is 7.31. The first-order valence-electron chi connectivity index (χ1n) is 7.31. The summed E-state index contributed by atoms with van der Waals surface area (Å²) in [5.74, 6) is 1.94. The summed E-state index contributed by atoms with van der Waals surface area (Å²) in [4.78, 5) is 11.8. The molecule has 2 aliphatic rings. The minimum absolute atomic E-state index is 0.0535. The molecule has 21 heavy (non-hydrogen) atoms. The van der Waals surface area contributed by atoms with Gasteiger partial charge in [-0.15, -0.1) is 0 Å². The van der Waals surface area contributed by atoms with Gasteiger partial charge in [0.15, 0.2) is 11.5 Å². The molecule has 0 bridgehead atoms. The van der Waals surface area contributed by atoms with Crippen molar-refractivity contribution >= 4 is 5.91 Å². The van der Waals surface area contributed by atoms with E-state index >= 15 is 0 Å². The van der Waals surface area contributed by atoms with Crippen molar-refractivity contribution in [3.63, 3.8) is 0 Å². The molecule has 4 heteroatoms. The highest BCUT2D eigenvalue weighted by atomic mass is 16.7. The fourth-order valence-corrected chi connectivity index (χ4v) is 2.51. The first-order chi connectivity index (χ1) is 10.3. The Morgan fingerprint density at radius 2 is 2.19 bits per heavy atom. The normalized spacial score (nSPS) is 19.9. The van der Waals surface area contributed by atoms with Crippen LogP contribution in [0.4, 0.5) is 0 Å². The quantitative estimate of drug-likeness (QED) is 0.683. The zero-order valence-corrected chi connectivity index (χ0v) is 11.9. The largest absolute Gasteiger partial charge is 0.454 e. The summed E-state index contributed by atoms with van der Waals surface area (Å²) in [5, 5.41) is 2.89. The van der Waals surface area contributed by atoms with Gasteiger partial charge in [-0.05, 0) is 49.0 Å². The number of carbonyl (C=O) groups excluding carboxylic acids is 1. The molecule has 0 fully saturated rings. The fraction of sp³-hybridized carbons (Fsp3) is 0.353. The van der Waals surface area contributed by atoms with Crippen LogP contribution in [-0.2, 0) is 11.3 Å². The van der Waals surface area contributed by atoms with Gasteiger partial charge in [0, 0.05) is 6.54 Å². The van der Waals surface area contributed by atoms with Gasteiger partial charge < -0.3 is 14.8 Å². The Hall–Kier alpha value is -2.23. The molecule has 1 aliphatic heterocycles. The highest BCUT2D eigenvalue weighted by Crippen LogP contribution is 2.32. The van der Waals surface area contributed by atoms with Crippen LogP contribution in [0.3, 0.4) is 0 Å². The third-order valence-electron chi connectivity index (χ3n) is 3.73. The van der Waals surface area contributed by atoms with Crippen LogP contribution in [0, 0.1) is 5.92 Å². The second kappa shape index (κ2) is 6.48. The molecule has 1 aromatic carbocycles. The van der Waals surface area contributed by atoms with Gasteiger partial charge in [0.2, 0.25) is 12.7 Å². The van der Waals surface area contributed by atoms with Gasteiger partial charge in [0.05, 0.1) is 0 Å². The summed E-state index contributed by atoms with van der Waals surface area (Å²) in [6.07, 6.45) is 11.3. The van der Waals surface area contributed by atoms with Crippen molar-refractivity contribution < 1.29 is 14.3 Å². The van der Waals surface area contributed by atoms with Gasteiger partial charge in [-0.3, -0.25) is 4.79 Å². The Morgan fingerprint density at radius 3 is 3.05 bits per heavy atom. The smallest absolute Gasteiger partial charge is 0.243 e. The Kier molecular flexibility index (Phi) is 4.24. The molecule has 3 rings (SSSR count). The summed E-state index contributed by atoms with van der Waals surface area (Å²) in [6.45, 7) is 0.758. The second-order valence-electron chi connectivity index (χ2n) is 5.31. The maximum Gasteiger partial charge on any atom is 0.243 e. The lowest BCUT2D eigenvalue weighted by atomic mass is 9.94. The van der Waals surface area contributed by atoms with Crippen molar-refractivity contribution in [1.82, 2.24) is 5.32 Å². The van der Waals surface area contributed by atoms with Crippen LogP contribution >= 0.6 is 0 Å². The second-order valence-corrected chi connectivity index (χ2v) is 5.31. The number of hydrogen-bond donors (Lipinski definition) is 1. The van der Waals surface area contributed by atoms with E-state index in [1.54, 1.807) is 6.08 Å². The van der Waals surface area contributed by atoms with Crippen LogP contribution in [0.2, 0.25) is 0 Å². The SMILES string of the molecule is O=C(C=CC1CC=CCC1)NCc1ccc2c(c1)OCO2. The maximum absolute atomic E-state index is 11.8. The number of rotatable bonds is 4. The maximum atomic E-state index is 11.8. The van der Waals surface area contributed by atoms with Crippen LogP contribution in [0.15, 0.2) is 42.5 Å². The van der Waals surface area contributed by atoms with Gasteiger partial charge in [-0.2, -0.15) is 0 Å². The molecule has 0 aromatic heterocycles. The third kappa shape index (κ3) is 3.66. The van der Waals surface area contributed by atoms with E-state index in [0.29, 0.717) is 12.5 Å². The van der Waals surface area contributed by atoms with Crippen molar-refractivity contribution in [2.45, 2.75) is 25.8 Å². The van der Waals surface area contributed by atoms with Crippen molar-refractivity contribution in [3.8, 4) is 11.5 Å². The van der Waals surface area contributed by atoms with Crippen molar-refractivity contribution in [3.05, 3.63) is 48.1 Å². The molecule has 110 valence electrons. The van der Waals surface area contributed by atoms with Crippen LogP contribution in [0.5, 0.6) is 11.5 Å². The average molecular weight is 285 g/mol. The molecule has 0 spiro atoms. The number of allylic oxidation sites excluding steroid dienone is 3. The Bertz CT molecular complexity index is 577. The minimum Gasteiger partial charge on any atom is -0.454 e.